The lowest BCUT2D eigenvalue weighted by Crippen LogP contribution is -2.48. The zero-order valence-electron chi connectivity index (χ0n) is 11.8. The number of benzene rings is 1. The molecule has 108 valence electrons. The van der Waals surface area contributed by atoms with Crippen molar-refractivity contribution in [3.63, 3.8) is 0 Å². The smallest absolute Gasteiger partial charge is 0.239 e. The molecule has 1 amide bonds. The molecule has 3 rings (SSSR count). The van der Waals surface area contributed by atoms with Crippen molar-refractivity contribution in [1.29, 1.82) is 0 Å². The number of carbonyl (C=O) groups excluding carboxylic acids is 1. The van der Waals surface area contributed by atoms with Crippen LogP contribution in [0.5, 0.6) is 5.75 Å². The van der Waals surface area contributed by atoms with Crippen molar-refractivity contribution in [2.24, 2.45) is 0 Å². The first-order valence-corrected chi connectivity index (χ1v) is 7.57. The second-order valence-electron chi connectivity index (χ2n) is 5.60. The summed E-state index contributed by atoms with van der Waals surface area (Å²) < 4.78 is 5.96. The van der Waals surface area contributed by atoms with Crippen LogP contribution in [-0.2, 0) is 4.79 Å². The third kappa shape index (κ3) is 3.12. The zero-order chi connectivity index (χ0) is 13.8. The van der Waals surface area contributed by atoms with Crippen molar-refractivity contribution in [2.45, 2.75) is 37.8 Å². The molecule has 2 heterocycles. The van der Waals surface area contributed by atoms with Crippen LogP contribution in [0.4, 0.5) is 0 Å². The van der Waals surface area contributed by atoms with Crippen molar-refractivity contribution >= 4 is 5.91 Å². The standard InChI is InChI=1S/C16H22N2O2/c19-16(15-7-4-10-17-15)18-11-8-14(9-12-18)20-13-5-2-1-3-6-13/h1-3,5-6,14-15,17H,4,7-12H2/t15-/m1/s1. The van der Waals surface area contributed by atoms with Gasteiger partial charge in [0.25, 0.3) is 0 Å². The topological polar surface area (TPSA) is 41.6 Å². The van der Waals surface area contributed by atoms with E-state index in [1.165, 1.54) is 0 Å². The molecule has 0 saturated carbocycles. The highest BCUT2D eigenvalue weighted by Crippen LogP contribution is 2.20. The highest BCUT2D eigenvalue weighted by Gasteiger charge is 2.30. The van der Waals surface area contributed by atoms with Gasteiger partial charge in [-0.2, -0.15) is 0 Å². The van der Waals surface area contributed by atoms with Crippen LogP contribution in [0.25, 0.3) is 0 Å². The molecule has 0 bridgehead atoms. The molecule has 0 aliphatic carbocycles. The summed E-state index contributed by atoms with van der Waals surface area (Å²) in [6, 6.07) is 9.99. The fourth-order valence-electron chi connectivity index (χ4n) is 3.00. The monoisotopic (exact) mass is 274 g/mol. The number of para-hydroxylation sites is 1. The zero-order valence-corrected chi connectivity index (χ0v) is 11.8. The Balaban J connectivity index is 1.48. The first kappa shape index (κ1) is 13.4. The normalized spacial score (nSPS) is 23.8. The minimum atomic E-state index is 0.0570. The summed E-state index contributed by atoms with van der Waals surface area (Å²) in [5.41, 5.74) is 0. The van der Waals surface area contributed by atoms with E-state index in [1.54, 1.807) is 0 Å². The van der Waals surface area contributed by atoms with E-state index >= 15 is 0 Å². The van der Waals surface area contributed by atoms with Gasteiger partial charge in [-0.25, -0.2) is 0 Å². The van der Waals surface area contributed by atoms with Crippen molar-refractivity contribution in [1.82, 2.24) is 10.2 Å². The maximum atomic E-state index is 12.3. The minimum absolute atomic E-state index is 0.0570. The van der Waals surface area contributed by atoms with Gasteiger partial charge in [0.1, 0.15) is 11.9 Å². The van der Waals surface area contributed by atoms with E-state index < -0.39 is 0 Å². The Morgan fingerprint density at radius 3 is 2.55 bits per heavy atom. The SMILES string of the molecule is O=C([C@H]1CCCN1)N1CCC(Oc2ccccc2)CC1. The van der Waals surface area contributed by atoms with Crippen LogP contribution < -0.4 is 10.1 Å². The number of nitrogens with zero attached hydrogens (tertiary/aromatic N) is 1. The van der Waals surface area contributed by atoms with Crippen molar-refractivity contribution in [3.05, 3.63) is 30.3 Å². The highest BCUT2D eigenvalue weighted by atomic mass is 16.5. The molecule has 0 spiro atoms. The Bertz CT molecular complexity index is 435. The van der Waals surface area contributed by atoms with Gasteiger partial charge in [0.05, 0.1) is 6.04 Å². The molecule has 0 aromatic heterocycles. The molecule has 0 unspecified atom stereocenters. The molecule has 20 heavy (non-hydrogen) atoms. The maximum Gasteiger partial charge on any atom is 0.239 e. The predicted octanol–water partition coefficient (Wildman–Crippen LogP) is 1.81. The molecule has 1 aromatic carbocycles. The Labute approximate surface area is 120 Å². The first-order valence-electron chi connectivity index (χ1n) is 7.57. The second-order valence-corrected chi connectivity index (χ2v) is 5.60. The Morgan fingerprint density at radius 1 is 1.15 bits per heavy atom. The lowest BCUT2D eigenvalue weighted by molar-refractivity contribution is -0.134. The quantitative estimate of drug-likeness (QED) is 0.914. The van der Waals surface area contributed by atoms with Crippen LogP contribution in [0.2, 0.25) is 0 Å². The molecule has 1 atom stereocenters. The van der Waals surface area contributed by atoms with Gasteiger partial charge < -0.3 is 15.0 Å². The molecule has 1 aromatic rings. The molecular weight excluding hydrogens is 252 g/mol. The van der Waals surface area contributed by atoms with Crippen LogP contribution in [0.15, 0.2) is 30.3 Å². The molecule has 2 fully saturated rings. The first-order chi connectivity index (χ1) is 9.83. The average Bonchev–Trinajstić information content (AvgIpc) is 3.03. The number of carbonyl (C=O) groups is 1. The number of piperidine rings is 1. The summed E-state index contributed by atoms with van der Waals surface area (Å²) in [6.45, 7) is 2.60. The van der Waals surface area contributed by atoms with Crippen LogP contribution in [0, 0.1) is 0 Å². The van der Waals surface area contributed by atoms with Crippen molar-refractivity contribution in [2.75, 3.05) is 19.6 Å². The Hall–Kier alpha value is -1.55. The minimum Gasteiger partial charge on any atom is -0.490 e. The van der Waals surface area contributed by atoms with E-state index in [9.17, 15) is 4.79 Å². The van der Waals surface area contributed by atoms with Crippen LogP contribution >= 0.6 is 0 Å². The molecule has 1 N–H and O–H groups in total. The van der Waals surface area contributed by atoms with E-state index in [0.29, 0.717) is 0 Å². The van der Waals surface area contributed by atoms with E-state index in [2.05, 4.69) is 5.32 Å². The largest absolute Gasteiger partial charge is 0.490 e. The number of rotatable bonds is 3. The predicted molar refractivity (Wildman–Crippen MR) is 77.7 cm³/mol. The third-order valence-electron chi connectivity index (χ3n) is 4.16. The lowest BCUT2D eigenvalue weighted by Gasteiger charge is -2.33. The molecular formula is C16H22N2O2. The van der Waals surface area contributed by atoms with Gasteiger partial charge in [0.2, 0.25) is 5.91 Å². The van der Waals surface area contributed by atoms with Gasteiger partial charge >= 0.3 is 0 Å². The maximum absolute atomic E-state index is 12.3. The van der Waals surface area contributed by atoms with Gasteiger partial charge in [0.15, 0.2) is 0 Å². The summed E-state index contributed by atoms with van der Waals surface area (Å²) in [5, 5.41) is 3.28. The van der Waals surface area contributed by atoms with E-state index in [4.69, 9.17) is 4.74 Å². The summed E-state index contributed by atoms with van der Waals surface area (Å²) in [4.78, 5) is 14.3. The average molecular weight is 274 g/mol. The molecule has 2 aliphatic heterocycles. The van der Waals surface area contributed by atoms with Crippen LogP contribution in [0.1, 0.15) is 25.7 Å². The van der Waals surface area contributed by atoms with E-state index in [-0.39, 0.29) is 18.1 Å². The number of ether oxygens (including phenoxy) is 1. The van der Waals surface area contributed by atoms with Crippen LogP contribution in [0.3, 0.4) is 0 Å². The molecule has 4 heteroatoms. The molecule has 2 aliphatic rings. The fraction of sp³-hybridized carbons (Fsp3) is 0.562. The Kier molecular flexibility index (Phi) is 4.21. The third-order valence-corrected chi connectivity index (χ3v) is 4.16. The second kappa shape index (κ2) is 6.27. The molecule has 0 radical (unpaired) electrons. The van der Waals surface area contributed by atoms with Crippen molar-refractivity contribution < 1.29 is 9.53 Å². The highest BCUT2D eigenvalue weighted by molar-refractivity contribution is 5.82. The summed E-state index contributed by atoms with van der Waals surface area (Å²) in [7, 11) is 0. The van der Waals surface area contributed by atoms with Gasteiger partial charge in [0, 0.05) is 25.9 Å². The molecule has 2 saturated heterocycles. The summed E-state index contributed by atoms with van der Waals surface area (Å²) in [6.07, 6.45) is 4.18. The van der Waals surface area contributed by atoms with Crippen molar-refractivity contribution in [3.8, 4) is 5.75 Å². The van der Waals surface area contributed by atoms with Gasteiger partial charge in [-0.15, -0.1) is 0 Å². The lowest BCUT2D eigenvalue weighted by atomic mass is 10.1. The number of likely N-dealkylation sites (tertiary alicyclic amines) is 1. The number of hydrogen-bond donors (Lipinski definition) is 1. The fourth-order valence-corrected chi connectivity index (χ4v) is 3.00. The van der Waals surface area contributed by atoms with E-state index in [1.807, 2.05) is 35.2 Å². The molecule has 4 nitrogen and oxygen atoms in total. The van der Waals surface area contributed by atoms with Crippen LogP contribution in [-0.4, -0.2) is 42.6 Å². The number of nitrogens with one attached hydrogen (secondary N) is 1. The van der Waals surface area contributed by atoms with Gasteiger partial charge in [-0.1, -0.05) is 18.2 Å². The number of hydrogen-bond acceptors (Lipinski definition) is 3. The summed E-state index contributed by atoms with van der Waals surface area (Å²) >= 11 is 0. The van der Waals surface area contributed by atoms with Gasteiger partial charge in [-0.3, -0.25) is 4.79 Å². The van der Waals surface area contributed by atoms with E-state index in [0.717, 1.165) is 51.1 Å². The Morgan fingerprint density at radius 2 is 1.90 bits per heavy atom. The van der Waals surface area contributed by atoms with Gasteiger partial charge in [-0.05, 0) is 31.5 Å². The number of amides is 1. The summed E-state index contributed by atoms with van der Waals surface area (Å²) in [5.74, 6) is 1.20.